The molecule has 2 fully saturated rings. The van der Waals surface area contributed by atoms with Gasteiger partial charge in [0.2, 0.25) is 0 Å². The number of H-pyrrole nitrogens is 1. The molecule has 1 saturated carbocycles. The quantitative estimate of drug-likeness (QED) is 0.476. The van der Waals surface area contributed by atoms with Crippen LogP contribution in [0.2, 0.25) is 5.02 Å². The van der Waals surface area contributed by atoms with Gasteiger partial charge in [-0.1, -0.05) is 18.0 Å². The largest absolute Gasteiger partial charge is 0.366 e. The minimum absolute atomic E-state index is 0.0428. The Morgan fingerprint density at radius 2 is 2.19 bits per heavy atom. The number of pyridine rings is 1. The smallest absolute Gasteiger partial charge is 0.183 e. The van der Waals surface area contributed by atoms with Crippen LogP contribution >= 0.6 is 11.6 Å². The minimum atomic E-state index is -1.90. The summed E-state index contributed by atoms with van der Waals surface area (Å²) in [6.45, 7) is 1.22. The highest BCUT2D eigenvalue weighted by Gasteiger charge is 2.55. The van der Waals surface area contributed by atoms with Crippen molar-refractivity contribution >= 4 is 39.5 Å². The highest BCUT2D eigenvalue weighted by Crippen LogP contribution is 2.47. The van der Waals surface area contributed by atoms with Gasteiger partial charge in [-0.2, -0.15) is 0 Å². The van der Waals surface area contributed by atoms with Crippen molar-refractivity contribution in [1.29, 1.82) is 0 Å². The number of hydrogen-bond acceptors (Lipinski definition) is 6. The maximum atomic E-state index is 14.5. The molecule has 164 valence electrons. The van der Waals surface area contributed by atoms with E-state index >= 15 is 0 Å². The molecule has 11 heteroatoms. The molecule has 1 unspecified atom stereocenters. The van der Waals surface area contributed by atoms with Crippen LogP contribution in [0.5, 0.6) is 0 Å². The van der Waals surface area contributed by atoms with E-state index in [4.69, 9.17) is 11.6 Å². The Morgan fingerprint density at radius 1 is 1.35 bits per heavy atom. The van der Waals surface area contributed by atoms with Crippen LogP contribution < -0.4 is 5.32 Å². The fraction of sp³-hybridized carbons (Fsp3) is 0.450. The van der Waals surface area contributed by atoms with E-state index in [-0.39, 0.29) is 11.9 Å². The first-order chi connectivity index (χ1) is 15.0. The highest BCUT2D eigenvalue weighted by molar-refractivity contribution is 7.81. The van der Waals surface area contributed by atoms with Crippen molar-refractivity contribution in [3.05, 3.63) is 35.5 Å². The number of anilines is 1. The summed E-state index contributed by atoms with van der Waals surface area (Å²) in [5.41, 5.74) is 1.33. The number of hydrogen-bond donors (Lipinski definition) is 3. The Kier molecular flexibility index (Phi) is 5.41. The molecule has 31 heavy (non-hydrogen) atoms. The summed E-state index contributed by atoms with van der Waals surface area (Å²) in [6, 6.07) is 1.81. The average molecular weight is 465 g/mol. The van der Waals surface area contributed by atoms with E-state index in [1.807, 2.05) is 0 Å². The third kappa shape index (κ3) is 3.82. The number of piperidine rings is 1. The van der Waals surface area contributed by atoms with Gasteiger partial charge in [-0.25, -0.2) is 23.6 Å². The van der Waals surface area contributed by atoms with Crippen LogP contribution in [-0.4, -0.2) is 57.6 Å². The lowest BCUT2D eigenvalue weighted by atomic mass is 10.0. The third-order valence-corrected chi connectivity index (χ3v) is 7.64. The Morgan fingerprint density at radius 3 is 2.97 bits per heavy atom. The lowest BCUT2D eigenvalue weighted by Crippen LogP contribution is -2.52. The SMILES string of the molecule is O=S(O)C1(N2CCCC[C@H]2CNc2nc(-c3c[nH]c4ncc(Cl)cc34)ncc2F)CC1. The second kappa shape index (κ2) is 8.09. The topological polar surface area (TPSA) is 107 Å². The molecule has 3 N–H and O–H groups in total. The molecule has 3 aromatic heterocycles. The second-order valence-corrected chi connectivity index (χ2v) is 9.76. The maximum Gasteiger partial charge on any atom is 0.183 e. The molecule has 0 spiro atoms. The molecule has 8 nitrogen and oxygen atoms in total. The highest BCUT2D eigenvalue weighted by atomic mass is 35.5. The van der Waals surface area contributed by atoms with Crippen molar-refractivity contribution in [3.63, 3.8) is 0 Å². The summed E-state index contributed by atoms with van der Waals surface area (Å²) in [5, 5.41) is 4.35. The van der Waals surface area contributed by atoms with Crippen LogP contribution in [-0.2, 0) is 11.1 Å². The summed E-state index contributed by atoms with van der Waals surface area (Å²) >= 11 is 4.17. The zero-order chi connectivity index (χ0) is 21.6. The van der Waals surface area contributed by atoms with Gasteiger partial charge >= 0.3 is 0 Å². The molecule has 0 bridgehead atoms. The van der Waals surface area contributed by atoms with E-state index in [1.54, 1.807) is 18.5 Å². The van der Waals surface area contributed by atoms with Gasteiger partial charge in [0.25, 0.3) is 0 Å². The number of fused-ring (bicyclic) bond motifs is 1. The minimum Gasteiger partial charge on any atom is -0.366 e. The predicted molar refractivity (Wildman–Crippen MR) is 118 cm³/mol. The number of likely N-dealkylation sites (tertiary alicyclic amines) is 1. The normalized spacial score (nSPS) is 21.8. The molecule has 4 heterocycles. The standard InChI is InChI=1S/C20H22ClFN6O2S/c21-12-7-14-15(10-25-17(14)23-8-12)18-26-11-16(22)19(27-18)24-9-13-3-1-2-6-28(13)20(4-5-20)31(29)30/h7-8,10-11,13H,1-6,9H2,(H,23,25)(H,29,30)(H,24,26,27)/t13-/m0/s1. The molecular formula is C20H22ClFN6O2S. The van der Waals surface area contributed by atoms with Crippen molar-refractivity contribution in [2.45, 2.75) is 43.0 Å². The van der Waals surface area contributed by atoms with Gasteiger partial charge in [0.1, 0.15) is 10.5 Å². The van der Waals surface area contributed by atoms with Crippen molar-refractivity contribution in [2.24, 2.45) is 0 Å². The van der Waals surface area contributed by atoms with Crippen molar-refractivity contribution < 1.29 is 13.2 Å². The van der Waals surface area contributed by atoms with Crippen LogP contribution in [0.1, 0.15) is 32.1 Å². The van der Waals surface area contributed by atoms with Gasteiger partial charge in [0, 0.05) is 35.9 Å². The third-order valence-electron chi connectivity index (χ3n) is 6.14. The molecule has 3 aromatic rings. The molecule has 1 saturated heterocycles. The van der Waals surface area contributed by atoms with Crippen molar-refractivity contribution in [2.75, 3.05) is 18.4 Å². The molecule has 1 aliphatic heterocycles. The average Bonchev–Trinajstić information content (AvgIpc) is 3.48. The van der Waals surface area contributed by atoms with E-state index < -0.39 is 21.8 Å². The number of aromatic amines is 1. The molecule has 0 amide bonds. The summed E-state index contributed by atoms with van der Waals surface area (Å²) in [6.07, 6.45) is 8.77. The number of aromatic nitrogens is 4. The zero-order valence-electron chi connectivity index (χ0n) is 16.6. The van der Waals surface area contributed by atoms with Crippen LogP contribution in [0.3, 0.4) is 0 Å². The van der Waals surface area contributed by atoms with Crippen LogP contribution in [0.15, 0.2) is 24.7 Å². The predicted octanol–water partition coefficient (Wildman–Crippen LogP) is 3.79. The first kappa shape index (κ1) is 20.7. The number of nitrogens with one attached hydrogen (secondary N) is 2. The van der Waals surface area contributed by atoms with Crippen LogP contribution in [0, 0.1) is 5.82 Å². The number of halogens is 2. The van der Waals surface area contributed by atoms with Crippen molar-refractivity contribution in [1.82, 2.24) is 24.8 Å². The molecule has 2 atom stereocenters. The molecule has 0 aromatic carbocycles. The fourth-order valence-electron chi connectivity index (χ4n) is 4.42. The Balaban J connectivity index is 1.38. The summed E-state index contributed by atoms with van der Waals surface area (Å²) < 4.78 is 36.2. The zero-order valence-corrected chi connectivity index (χ0v) is 18.2. The Labute approximate surface area is 185 Å². The van der Waals surface area contributed by atoms with E-state index in [2.05, 4.69) is 30.2 Å². The summed E-state index contributed by atoms with van der Waals surface area (Å²) in [5.74, 6) is -0.0846. The number of rotatable bonds is 6. The van der Waals surface area contributed by atoms with Gasteiger partial charge in [-0.05, 0) is 38.3 Å². The first-order valence-corrected chi connectivity index (χ1v) is 11.7. The van der Waals surface area contributed by atoms with Crippen LogP contribution in [0.25, 0.3) is 22.4 Å². The van der Waals surface area contributed by atoms with Gasteiger partial charge < -0.3 is 14.9 Å². The van der Waals surface area contributed by atoms with Gasteiger partial charge in [-0.3, -0.25) is 4.90 Å². The van der Waals surface area contributed by atoms with E-state index in [1.165, 1.54) is 0 Å². The first-order valence-electron chi connectivity index (χ1n) is 10.2. The second-order valence-electron chi connectivity index (χ2n) is 8.06. The lowest BCUT2D eigenvalue weighted by Gasteiger charge is -2.40. The van der Waals surface area contributed by atoms with E-state index in [0.717, 1.165) is 50.2 Å². The molecule has 5 rings (SSSR count). The Bertz CT molecular complexity index is 1150. The molecule has 0 radical (unpaired) electrons. The van der Waals surface area contributed by atoms with E-state index in [0.29, 0.717) is 28.6 Å². The summed E-state index contributed by atoms with van der Waals surface area (Å²) in [4.78, 5) is 17.3. The monoisotopic (exact) mass is 464 g/mol. The molecular weight excluding hydrogens is 443 g/mol. The fourth-order valence-corrected chi connectivity index (χ4v) is 5.47. The molecule has 2 aliphatic rings. The maximum absolute atomic E-state index is 14.5. The molecule has 1 aliphatic carbocycles. The van der Waals surface area contributed by atoms with Gasteiger partial charge in [0.15, 0.2) is 28.5 Å². The number of nitrogens with zero attached hydrogens (tertiary/aromatic N) is 4. The van der Waals surface area contributed by atoms with Gasteiger partial charge in [0.05, 0.1) is 11.2 Å². The van der Waals surface area contributed by atoms with E-state index in [9.17, 15) is 13.2 Å². The van der Waals surface area contributed by atoms with Crippen molar-refractivity contribution in [3.8, 4) is 11.4 Å². The lowest BCUT2D eigenvalue weighted by molar-refractivity contribution is 0.125. The van der Waals surface area contributed by atoms with Crippen LogP contribution in [0.4, 0.5) is 10.2 Å². The van der Waals surface area contributed by atoms with Gasteiger partial charge in [-0.15, -0.1) is 0 Å². The Hall–Kier alpha value is -2.14. The summed E-state index contributed by atoms with van der Waals surface area (Å²) in [7, 11) is 0.